The molecule has 1 aliphatic rings. The lowest BCUT2D eigenvalue weighted by Crippen LogP contribution is -2.46. The number of methoxy groups -OCH3 is 1. The third-order valence-corrected chi connectivity index (χ3v) is 4.04. The Labute approximate surface area is 136 Å². The quantitative estimate of drug-likeness (QED) is 0.756. The van der Waals surface area contributed by atoms with Crippen molar-refractivity contribution in [2.75, 3.05) is 53.4 Å². The van der Waals surface area contributed by atoms with Crippen LogP contribution in [0.3, 0.4) is 0 Å². The average Bonchev–Trinajstić information content (AvgIpc) is 2.55. The lowest BCUT2D eigenvalue weighted by Gasteiger charge is -2.32. The van der Waals surface area contributed by atoms with Crippen molar-refractivity contribution >= 4 is 11.8 Å². The van der Waals surface area contributed by atoms with E-state index in [1.165, 1.54) is 19.2 Å². The summed E-state index contributed by atoms with van der Waals surface area (Å²) in [5, 5.41) is 2.89. The summed E-state index contributed by atoms with van der Waals surface area (Å²) in [4.78, 5) is 28.1. The molecule has 0 aromatic heterocycles. The number of likely N-dealkylation sites (N-methyl/N-ethyl adjacent to an activating group) is 1. The minimum atomic E-state index is -0.580. The zero-order chi connectivity index (χ0) is 16.8. The first-order valence-electron chi connectivity index (χ1n) is 7.68. The molecule has 7 heteroatoms. The predicted molar refractivity (Wildman–Crippen MR) is 87.8 cm³/mol. The van der Waals surface area contributed by atoms with Gasteiger partial charge in [-0.3, -0.25) is 14.5 Å². The van der Waals surface area contributed by atoms with Crippen LogP contribution in [0.15, 0.2) is 18.2 Å². The van der Waals surface area contributed by atoms with E-state index in [-0.39, 0.29) is 11.5 Å². The number of hydrogen-bond donors (Lipinski definition) is 2. The second kappa shape index (κ2) is 7.94. The summed E-state index contributed by atoms with van der Waals surface area (Å²) in [6, 6.07) is 4.62. The number of carbonyl (C=O) groups is 2. The fourth-order valence-electron chi connectivity index (χ4n) is 2.54. The maximum Gasteiger partial charge on any atom is 0.252 e. The molecule has 7 nitrogen and oxygen atoms in total. The van der Waals surface area contributed by atoms with Gasteiger partial charge in [0.1, 0.15) is 5.75 Å². The topological polar surface area (TPSA) is 87.9 Å². The van der Waals surface area contributed by atoms with Gasteiger partial charge in [0.25, 0.3) is 11.8 Å². The largest absolute Gasteiger partial charge is 0.496 e. The fourth-order valence-corrected chi connectivity index (χ4v) is 2.54. The Morgan fingerprint density at radius 1 is 1.26 bits per heavy atom. The van der Waals surface area contributed by atoms with E-state index in [4.69, 9.17) is 10.5 Å². The summed E-state index contributed by atoms with van der Waals surface area (Å²) in [6.45, 7) is 5.57. The van der Waals surface area contributed by atoms with Crippen LogP contribution in [0.4, 0.5) is 0 Å². The fraction of sp³-hybridized carbons (Fsp3) is 0.500. The molecule has 2 amide bonds. The number of piperazine rings is 1. The maximum absolute atomic E-state index is 12.2. The summed E-state index contributed by atoms with van der Waals surface area (Å²) in [7, 11) is 3.55. The van der Waals surface area contributed by atoms with Gasteiger partial charge in [0.05, 0.1) is 12.7 Å². The molecule has 1 aliphatic heterocycles. The van der Waals surface area contributed by atoms with Gasteiger partial charge in [-0.05, 0) is 25.2 Å². The molecule has 1 aromatic rings. The number of nitrogens with zero attached hydrogens (tertiary/aromatic N) is 2. The van der Waals surface area contributed by atoms with Gasteiger partial charge in [-0.1, -0.05) is 0 Å². The van der Waals surface area contributed by atoms with Crippen molar-refractivity contribution in [1.29, 1.82) is 0 Å². The van der Waals surface area contributed by atoms with E-state index in [9.17, 15) is 9.59 Å². The first-order valence-corrected chi connectivity index (χ1v) is 7.68. The molecule has 1 fully saturated rings. The van der Waals surface area contributed by atoms with Crippen molar-refractivity contribution in [1.82, 2.24) is 15.1 Å². The van der Waals surface area contributed by atoms with Gasteiger partial charge in [0.2, 0.25) is 0 Å². The Morgan fingerprint density at radius 3 is 2.57 bits per heavy atom. The Balaban J connectivity index is 1.87. The average molecular weight is 320 g/mol. The van der Waals surface area contributed by atoms with Crippen molar-refractivity contribution in [3.63, 3.8) is 0 Å². The molecule has 1 saturated heterocycles. The van der Waals surface area contributed by atoms with Crippen molar-refractivity contribution in [2.45, 2.75) is 0 Å². The van der Waals surface area contributed by atoms with Crippen LogP contribution in [0.2, 0.25) is 0 Å². The van der Waals surface area contributed by atoms with Gasteiger partial charge >= 0.3 is 0 Å². The first kappa shape index (κ1) is 17.2. The van der Waals surface area contributed by atoms with Crippen LogP contribution in [-0.2, 0) is 0 Å². The highest BCUT2D eigenvalue weighted by Gasteiger charge is 2.15. The minimum absolute atomic E-state index is 0.187. The number of hydrogen-bond acceptors (Lipinski definition) is 5. The molecule has 0 aliphatic carbocycles. The van der Waals surface area contributed by atoms with Gasteiger partial charge in [-0.2, -0.15) is 0 Å². The number of benzene rings is 1. The normalized spacial score (nSPS) is 16.1. The van der Waals surface area contributed by atoms with Crippen molar-refractivity contribution in [3.8, 4) is 5.75 Å². The van der Waals surface area contributed by atoms with Gasteiger partial charge in [0.15, 0.2) is 0 Å². The molecular weight excluding hydrogens is 296 g/mol. The summed E-state index contributed by atoms with van der Waals surface area (Å²) in [5.74, 6) is -0.457. The Bertz CT molecular complexity index is 568. The molecule has 0 unspecified atom stereocenters. The minimum Gasteiger partial charge on any atom is -0.496 e. The second-order valence-corrected chi connectivity index (χ2v) is 5.68. The van der Waals surface area contributed by atoms with Crippen LogP contribution < -0.4 is 15.8 Å². The number of primary amides is 1. The third-order valence-electron chi connectivity index (χ3n) is 4.04. The predicted octanol–water partition coefficient (Wildman–Crippen LogP) is -0.229. The van der Waals surface area contributed by atoms with Crippen LogP contribution >= 0.6 is 0 Å². The number of nitrogens with one attached hydrogen (secondary N) is 1. The zero-order valence-electron chi connectivity index (χ0n) is 13.7. The van der Waals surface area contributed by atoms with Gasteiger partial charge < -0.3 is 20.7 Å². The molecular formula is C16H24N4O3. The first-order chi connectivity index (χ1) is 11.0. The number of nitrogens with two attached hydrogens (primary N) is 1. The molecule has 0 bridgehead atoms. The van der Waals surface area contributed by atoms with E-state index in [1.807, 2.05) is 0 Å². The lowest BCUT2D eigenvalue weighted by atomic mass is 10.1. The van der Waals surface area contributed by atoms with Crippen LogP contribution in [0.5, 0.6) is 5.75 Å². The molecule has 1 heterocycles. The summed E-state index contributed by atoms with van der Waals surface area (Å²) in [5.41, 5.74) is 5.97. The smallest absolute Gasteiger partial charge is 0.252 e. The van der Waals surface area contributed by atoms with Crippen LogP contribution in [0, 0.1) is 0 Å². The molecule has 23 heavy (non-hydrogen) atoms. The highest BCUT2D eigenvalue weighted by Crippen LogP contribution is 2.19. The number of amides is 2. The van der Waals surface area contributed by atoms with E-state index >= 15 is 0 Å². The number of ether oxygens (including phenoxy) is 1. The number of carbonyl (C=O) groups excluding carboxylic acids is 2. The van der Waals surface area contributed by atoms with E-state index in [2.05, 4.69) is 22.2 Å². The van der Waals surface area contributed by atoms with Crippen molar-refractivity contribution in [2.24, 2.45) is 5.73 Å². The van der Waals surface area contributed by atoms with Crippen LogP contribution in [0.1, 0.15) is 20.7 Å². The van der Waals surface area contributed by atoms with Crippen molar-refractivity contribution in [3.05, 3.63) is 29.3 Å². The Morgan fingerprint density at radius 2 is 1.96 bits per heavy atom. The molecule has 1 aromatic carbocycles. The summed E-state index contributed by atoms with van der Waals surface area (Å²) < 4.78 is 5.11. The molecule has 0 saturated carbocycles. The van der Waals surface area contributed by atoms with Crippen LogP contribution in [-0.4, -0.2) is 75.0 Å². The SMILES string of the molecule is COc1cc(C(=O)NCCN2CCN(C)CC2)ccc1C(N)=O. The van der Waals surface area contributed by atoms with Gasteiger partial charge in [-0.25, -0.2) is 0 Å². The van der Waals surface area contributed by atoms with Crippen molar-refractivity contribution < 1.29 is 14.3 Å². The molecule has 2 rings (SSSR count). The second-order valence-electron chi connectivity index (χ2n) is 5.68. The van der Waals surface area contributed by atoms with Gasteiger partial charge in [0, 0.05) is 44.8 Å². The van der Waals surface area contributed by atoms with Crippen LogP contribution in [0.25, 0.3) is 0 Å². The molecule has 0 spiro atoms. The monoisotopic (exact) mass is 320 g/mol. The highest BCUT2D eigenvalue weighted by atomic mass is 16.5. The zero-order valence-corrected chi connectivity index (χ0v) is 13.7. The van der Waals surface area contributed by atoms with E-state index in [0.717, 1.165) is 32.7 Å². The standard InChI is InChI=1S/C16H24N4O3/c1-19-7-9-20(10-8-19)6-5-18-16(22)12-3-4-13(15(17)21)14(11-12)23-2/h3-4,11H,5-10H2,1-2H3,(H2,17,21)(H,18,22). The molecule has 126 valence electrons. The van der Waals surface area contributed by atoms with E-state index in [1.54, 1.807) is 6.07 Å². The lowest BCUT2D eigenvalue weighted by molar-refractivity contribution is 0.0938. The summed E-state index contributed by atoms with van der Waals surface area (Å²) in [6.07, 6.45) is 0. The van der Waals surface area contributed by atoms with Gasteiger partial charge in [-0.15, -0.1) is 0 Å². The Hall–Kier alpha value is -2.12. The van der Waals surface area contributed by atoms with E-state index in [0.29, 0.717) is 17.9 Å². The molecule has 0 radical (unpaired) electrons. The molecule has 0 atom stereocenters. The third kappa shape index (κ3) is 4.67. The Kier molecular flexibility index (Phi) is 5.95. The molecule has 3 N–H and O–H groups in total. The highest BCUT2D eigenvalue weighted by molar-refractivity contribution is 5.99. The maximum atomic E-state index is 12.2. The summed E-state index contributed by atoms with van der Waals surface area (Å²) >= 11 is 0. The van der Waals surface area contributed by atoms with E-state index < -0.39 is 5.91 Å². The number of rotatable bonds is 6.